The zero-order chi connectivity index (χ0) is 18.1. The Morgan fingerprint density at radius 1 is 1.12 bits per heavy atom. The van der Waals surface area contributed by atoms with Crippen LogP contribution in [0.4, 0.5) is 0 Å². The maximum Gasteiger partial charge on any atom is 0.140 e. The molecule has 1 atom stereocenters. The number of halogens is 1. The van der Waals surface area contributed by atoms with Crippen molar-refractivity contribution in [1.82, 2.24) is 10.6 Å². The number of hydrogen-bond acceptors (Lipinski definition) is 4. The third kappa shape index (κ3) is 6.25. The van der Waals surface area contributed by atoms with Crippen molar-refractivity contribution in [1.29, 1.82) is 0 Å². The Kier molecular flexibility index (Phi) is 7.51. The zero-order valence-electron chi connectivity index (χ0n) is 14.5. The van der Waals surface area contributed by atoms with Gasteiger partial charge in [-0.25, -0.2) is 0 Å². The first-order chi connectivity index (χ1) is 12.1. The van der Waals surface area contributed by atoms with E-state index < -0.39 is 0 Å². The van der Waals surface area contributed by atoms with Crippen molar-refractivity contribution in [2.75, 3.05) is 14.2 Å². The van der Waals surface area contributed by atoms with E-state index in [1.165, 1.54) is 0 Å². The van der Waals surface area contributed by atoms with Crippen LogP contribution in [-0.2, 0) is 17.8 Å². The van der Waals surface area contributed by atoms with Crippen LogP contribution < -0.4 is 15.4 Å². The molecular weight excluding hydrogens is 336 g/mol. The molecule has 0 aromatic heterocycles. The van der Waals surface area contributed by atoms with Crippen molar-refractivity contribution in [3.63, 3.8) is 0 Å². The third-order valence-corrected chi connectivity index (χ3v) is 4.10. The molecule has 0 amide bonds. The van der Waals surface area contributed by atoms with E-state index in [0.717, 1.165) is 28.9 Å². The van der Waals surface area contributed by atoms with Crippen molar-refractivity contribution < 1.29 is 9.53 Å². The molecule has 0 heterocycles. The molecule has 2 aromatic rings. The predicted octanol–water partition coefficient (Wildman–Crippen LogP) is 3.35. The van der Waals surface area contributed by atoms with Crippen LogP contribution in [0.2, 0.25) is 5.02 Å². The number of allylic oxidation sites excluding steroid dienone is 1. The summed E-state index contributed by atoms with van der Waals surface area (Å²) in [7, 11) is 3.41. The summed E-state index contributed by atoms with van der Waals surface area (Å²) in [4.78, 5) is 11.2. The second-order valence-corrected chi connectivity index (χ2v) is 6.08. The van der Waals surface area contributed by atoms with Gasteiger partial charge in [-0.3, -0.25) is 0 Å². The van der Waals surface area contributed by atoms with Gasteiger partial charge in [0.15, 0.2) is 0 Å². The molecule has 0 aliphatic heterocycles. The molecule has 132 valence electrons. The molecule has 25 heavy (non-hydrogen) atoms. The van der Waals surface area contributed by atoms with Gasteiger partial charge in [-0.15, -0.1) is 0 Å². The molecule has 0 aliphatic carbocycles. The summed E-state index contributed by atoms with van der Waals surface area (Å²) in [5.41, 5.74) is 3.24. The minimum absolute atomic E-state index is 0.328. The molecule has 0 bridgehead atoms. The highest BCUT2D eigenvalue weighted by atomic mass is 35.5. The Morgan fingerprint density at radius 3 is 2.32 bits per heavy atom. The standard InChI is InChI=1S/C20H23ClN2O2/c1-22-19(14-24)12-18(11-15-5-9-20(25-2)10-6-15)23-13-16-3-7-17(21)8-4-16/h3-10,12,14,19,22-23H,11,13H2,1-2H3/b18-12-. The Morgan fingerprint density at radius 2 is 1.76 bits per heavy atom. The van der Waals surface area contributed by atoms with E-state index in [2.05, 4.69) is 10.6 Å². The highest BCUT2D eigenvalue weighted by molar-refractivity contribution is 6.30. The Labute approximate surface area is 153 Å². The lowest BCUT2D eigenvalue weighted by molar-refractivity contribution is -0.108. The van der Waals surface area contributed by atoms with Gasteiger partial charge >= 0.3 is 0 Å². The van der Waals surface area contributed by atoms with Gasteiger partial charge in [-0.1, -0.05) is 35.9 Å². The molecule has 0 fully saturated rings. The summed E-state index contributed by atoms with van der Waals surface area (Å²) in [6, 6.07) is 15.3. The molecule has 2 N–H and O–H groups in total. The van der Waals surface area contributed by atoms with Crippen LogP contribution in [0.15, 0.2) is 60.3 Å². The number of hydrogen-bond donors (Lipinski definition) is 2. The minimum atomic E-state index is -0.328. The molecule has 2 rings (SSSR count). The second-order valence-electron chi connectivity index (χ2n) is 5.65. The Hall–Kier alpha value is -2.30. The number of rotatable bonds is 9. The topological polar surface area (TPSA) is 50.4 Å². The maximum atomic E-state index is 11.2. The van der Waals surface area contributed by atoms with Crippen molar-refractivity contribution >= 4 is 17.9 Å². The van der Waals surface area contributed by atoms with E-state index in [9.17, 15) is 4.79 Å². The number of carbonyl (C=O) groups is 1. The van der Waals surface area contributed by atoms with Gasteiger partial charge in [0.25, 0.3) is 0 Å². The molecular formula is C20H23ClN2O2. The van der Waals surface area contributed by atoms with E-state index in [1.54, 1.807) is 14.2 Å². The number of carbonyl (C=O) groups excluding carboxylic acids is 1. The van der Waals surface area contributed by atoms with Crippen molar-refractivity contribution in [2.24, 2.45) is 0 Å². The van der Waals surface area contributed by atoms with Crippen molar-refractivity contribution in [3.8, 4) is 5.75 Å². The quantitative estimate of drug-likeness (QED) is 0.675. The molecule has 0 saturated carbocycles. The summed E-state index contributed by atoms with van der Waals surface area (Å²) < 4.78 is 5.19. The van der Waals surface area contributed by atoms with E-state index in [-0.39, 0.29) is 6.04 Å². The van der Waals surface area contributed by atoms with Gasteiger partial charge in [0.05, 0.1) is 13.2 Å². The van der Waals surface area contributed by atoms with E-state index in [4.69, 9.17) is 16.3 Å². The van der Waals surface area contributed by atoms with Gasteiger partial charge in [-0.05, 0) is 48.5 Å². The lowest BCUT2D eigenvalue weighted by Crippen LogP contribution is -2.27. The first kappa shape index (κ1) is 19.0. The fourth-order valence-corrected chi connectivity index (χ4v) is 2.49. The summed E-state index contributed by atoms with van der Waals surface area (Å²) in [5.74, 6) is 0.824. The number of likely N-dealkylation sites (N-methyl/N-ethyl adjacent to an activating group) is 1. The number of ether oxygens (including phenoxy) is 1. The Balaban J connectivity index is 2.11. The van der Waals surface area contributed by atoms with E-state index in [0.29, 0.717) is 18.0 Å². The monoisotopic (exact) mass is 358 g/mol. The average molecular weight is 359 g/mol. The predicted molar refractivity (Wildman–Crippen MR) is 102 cm³/mol. The van der Waals surface area contributed by atoms with Crippen LogP contribution in [0.5, 0.6) is 5.75 Å². The van der Waals surface area contributed by atoms with Crippen LogP contribution in [0.25, 0.3) is 0 Å². The fourth-order valence-electron chi connectivity index (χ4n) is 2.37. The first-order valence-corrected chi connectivity index (χ1v) is 8.47. The molecule has 0 aliphatic rings. The van der Waals surface area contributed by atoms with Crippen molar-refractivity contribution in [3.05, 3.63) is 76.5 Å². The normalized spacial score (nSPS) is 12.5. The van der Waals surface area contributed by atoms with E-state index in [1.807, 2.05) is 54.6 Å². The summed E-state index contributed by atoms with van der Waals surface area (Å²) in [6.07, 6.45) is 3.49. The molecule has 4 nitrogen and oxygen atoms in total. The smallest absolute Gasteiger partial charge is 0.140 e. The summed E-state index contributed by atoms with van der Waals surface area (Å²) >= 11 is 5.92. The molecule has 1 unspecified atom stereocenters. The maximum absolute atomic E-state index is 11.2. The molecule has 0 spiro atoms. The summed E-state index contributed by atoms with van der Waals surface area (Å²) in [6.45, 7) is 0.661. The van der Waals surface area contributed by atoms with Crippen LogP contribution in [0.3, 0.4) is 0 Å². The average Bonchev–Trinajstić information content (AvgIpc) is 2.65. The Bertz CT molecular complexity index is 697. The van der Waals surface area contributed by atoms with Gasteiger partial charge in [0.1, 0.15) is 12.0 Å². The lowest BCUT2D eigenvalue weighted by Gasteiger charge is -2.14. The van der Waals surface area contributed by atoms with Gasteiger partial charge in [0.2, 0.25) is 0 Å². The van der Waals surface area contributed by atoms with E-state index >= 15 is 0 Å². The number of methoxy groups -OCH3 is 1. The van der Waals surface area contributed by atoms with Crippen LogP contribution >= 0.6 is 11.6 Å². The minimum Gasteiger partial charge on any atom is -0.497 e. The molecule has 2 aromatic carbocycles. The van der Waals surface area contributed by atoms with Crippen LogP contribution in [0.1, 0.15) is 11.1 Å². The molecule has 5 heteroatoms. The third-order valence-electron chi connectivity index (χ3n) is 3.85. The molecule has 0 saturated heterocycles. The van der Waals surface area contributed by atoms with Gasteiger partial charge in [-0.2, -0.15) is 0 Å². The first-order valence-electron chi connectivity index (χ1n) is 8.09. The number of nitrogens with one attached hydrogen (secondary N) is 2. The highest BCUT2D eigenvalue weighted by Gasteiger charge is 2.06. The van der Waals surface area contributed by atoms with Gasteiger partial charge in [0, 0.05) is 23.7 Å². The fraction of sp³-hybridized carbons (Fsp3) is 0.250. The lowest BCUT2D eigenvalue weighted by atomic mass is 10.1. The highest BCUT2D eigenvalue weighted by Crippen LogP contribution is 2.15. The largest absolute Gasteiger partial charge is 0.497 e. The van der Waals surface area contributed by atoms with Crippen molar-refractivity contribution in [2.45, 2.75) is 19.0 Å². The van der Waals surface area contributed by atoms with Crippen LogP contribution in [-0.4, -0.2) is 26.5 Å². The second kappa shape index (κ2) is 9.87. The SMILES string of the molecule is CNC(C=O)/C=C(/Cc1ccc(OC)cc1)NCc1ccc(Cl)cc1. The number of aldehydes is 1. The summed E-state index contributed by atoms with van der Waals surface area (Å²) in [5, 5.41) is 7.11. The van der Waals surface area contributed by atoms with Crippen LogP contribution in [0, 0.1) is 0 Å². The zero-order valence-corrected chi connectivity index (χ0v) is 15.2. The molecule has 0 radical (unpaired) electrons. The number of benzene rings is 2. The van der Waals surface area contributed by atoms with Gasteiger partial charge < -0.3 is 20.2 Å².